The number of nitrogens with zero attached hydrogens (tertiary/aromatic N) is 4. The van der Waals surface area contributed by atoms with Gasteiger partial charge >= 0.3 is 5.97 Å². The van der Waals surface area contributed by atoms with Crippen LogP contribution in [0.4, 0.5) is 0 Å². The topological polar surface area (TPSA) is 109 Å². The smallest absolute Gasteiger partial charge is 0.329 e. The van der Waals surface area contributed by atoms with E-state index in [4.69, 9.17) is 4.52 Å². The van der Waals surface area contributed by atoms with Gasteiger partial charge in [0, 0.05) is 11.8 Å². The highest BCUT2D eigenvalue weighted by Gasteiger charge is 2.60. The van der Waals surface area contributed by atoms with Crippen LogP contribution in [0.15, 0.2) is 59.5 Å². The van der Waals surface area contributed by atoms with Gasteiger partial charge in [0.1, 0.15) is 5.54 Å². The van der Waals surface area contributed by atoms with Crippen LogP contribution >= 0.6 is 0 Å². The molecule has 0 aliphatic carbocycles. The number of carboxylic acids is 1. The number of pyridine rings is 1. The molecule has 3 atom stereocenters. The maximum atomic E-state index is 14.2. The maximum absolute atomic E-state index is 14.2. The zero-order chi connectivity index (χ0) is 25.4. The first-order chi connectivity index (χ1) is 16.5. The molecule has 1 amide bonds. The molecule has 0 unspecified atom stereocenters. The van der Waals surface area contributed by atoms with Gasteiger partial charge in [0.05, 0.1) is 17.7 Å². The normalized spacial score (nSPS) is 22.5. The van der Waals surface area contributed by atoms with E-state index in [1.165, 1.54) is 11.2 Å². The van der Waals surface area contributed by atoms with Gasteiger partial charge in [-0.25, -0.2) is 4.79 Å². The lowest BCUT2D eigenvalue weighted by Crippen LogP contribution is -2.54. The third-order valence-corrected chi connectivity index (χ3v) is 6.73. The standard InChI is InChI=1S/C27H32N4O4/c1-17(2)14-27(25(33)34)15-20(23-29-16-30-35-23)22(21-8-6-7-13-28-21)31(27)24(32)18-9-11-19(12-10-18)26(3,4)5/h6-13,16-17,20,22H,14-15H2,1-5H3,(H,33,34)/t20-,22+,27-/m0/s1. The number of carboxylic acid groups (broad SMARTS) is 1. The van der Waals surface area contributed by atoms with Crippen molar-refractivity contribution in [2.24, 2.45) is 5.92 Å². The summed E-state index contributed by atoms with van der Waals surface area (Å²) in [7, 11) is 0. The molecule has 1 aliphatic rings. The Labute approximate surface area is 205 Å². The summed E-state index contributed by atoms with van der Waals surface area (Å²) < 4.78 is 5.41. The molecule has 1 aliphatic heterocycles. The van der Waals surface area contributed by atoms with E-state index in [-0.39, 0.29) is 30.1 Å². The molecule has 1 aromatic carbocycles. The molecule has 184 valence electrons. The fraction of sp³-hybridized carbons (Fsp3) is 0.444. The number of hydrogen-bond acceptors (Lipinski definition) is 6. The molecule has 2 aromatic heterocycles. The lowest BCUT2D eigenvalue weighted by atomic mass is 9.83. The molecule has 4 rings (SSSR count). The Morgan fingerprint density at radius 1 is 1.14 bits per heavy atom. The van der Waals surface area contributed by atoms with Crippen LogP contribution in [0.1, 0.15) is 86.9 Å². The van der Waals surface area contributed by atoms with Crippen molar-refractivity contribution in [3.63, 3.8) is 0 Å². The van der Waals surface area contributed by atoms with Gasteiger partial charge in [-0.1, -0.05) is 58.0 Å². The molecule has 0 spiro atoms. The van der Waals surface area contributed by atoms with Crippen molar-refractivity contribution >= 4 is 11.9 Å². The highest BCUT2D eigenvalue weighted by Crippen LogP contribution is 2.53. The summed E-state index contributed by atoms with van der Waals surface area (Å²) in [5, 5.41) is 14.4. The molecule has 0 bridgehead atoms. The predicted octanol–water partition coefficient (Wildman–Crippen LogP) is 5.00. The summed E-state index contributed by atoms with van der Waals surface area (Å²) in [6.45, 7) is 10.2. The number of likely N-dealkylation sites (tertiary alicyclic amines) is 1. The Bertz CT molecular complexity index is 1170. The van der Waals surface area contributed by atoms with Crippen molar-refractivity contribution < 1.29 is 19.2 Å². The summed E-state index contributed by atoms with van der Waals surface area (Å²) in [4.78, 5) is 37.5. The lowest BCUT2D eigenvalue weighted by molar-refractivity contribution is -0.150. The second-order valence-corrected chi connectivity index (χ2v) is 10.7. The molecule has 0 radical (unpaired) electrons. The summed E-state index contributed by atoms with van der Waals surface area (Å²) in [6, 6.07) is 12.2. The Morgan fingerprint density at radius 2 is 1.86 bits per heavy atom. The van der Waals surface area contributed by atoms with E-state index in [0.29, 0.717) is 17.1 Å². The number of amides is 1. The molecule has 1 saturated heterocycles. The number of aliphatic carboxylic acids is 1. The van der Waals surface area contributed by atoms with Crippen LogP contribution in [0, 0.1) is 5.92 Å². The Morgan fingerprint density at radius 3 is 2.37 bits per heavy atom. The summed E-state index contributed by atoms with van der Waals surface area (Å²) in [6.07, 6.45) is 3.37. The Kier molecular flexibility index (Phi) is 6.49. The van der Waals surface area contributed by atoms with Crippen LogP contribution in [0.5, 0.6) is 0 Å². The number of rotatable bonds is 6. The average molecular weight is 477 g/mol. The van der Waals surface area contributed by atoms with E-state index >= 15 is 0 Å². The van der Waals surface area contributed by atoms with E-state index in [1.54, 1.807) is 24.4 Å². The summed E-state index contributed by atoms with van der Waals surface area (Å²) >= 11 is 0. The van der Waals surface area contributed by atoms with Gasteiger partial charge in [0.15, 0.2) is 6.33 Å². The number of aromatic nitrogens is 3. The fourth-order valence-electron chi connectivity index (χ4n) is 5.18. The monoisotopic (exact) mass is 476 g/mol. The lowest BCUT2D eigenvalue weighted by Gasteiger charge is -2.39. The highest BCUT2D eigenvalue weighted by molar-refractivity contribution is 5.99. The first-order valence-electron chi connectivity index (χ1n) is 11.9. The van der Waals surface area contributed by atoms with Crippen LogP contribution in [-0.4, -0.2) is 42.5 Å². The van der Waals surface area contributed by atoms with Crippen LogP contribution in [0.25, 0.3) is 0 Å². The van der Waals surface area contributed by atoms with Gasteiger partial charge in [-0.15, -0.1) is 0 Å². The molecule has 8 nitrogen and oxygen atoms in total. The van der Waals surface area contributed by atoms with E-state index in [9.17, 15) is 14.7 Å². The Hall–Kier alpha value is -3.55. The second kappa shape index (κ2) is 9.24. The van der Waals surface area contributed by atoms with Gasteiger partial charge in [-0.2, -0.15) is 4.98 Å². The van der Waals surface area contributed by atoms with Crippen molar-refractivity contribution in [3.05, 3.63) is 77.7 Å². The van der Waals surface area contributed by atoms with Gasteiger partial charge in [-0.3, -0.25) is 9.78 Å². The highest BCUT2D eigenvalue weighted by atomic mass is 16.5. The third-order valence-electron chi connectivity index (χ3n) is 6.73. The summed E-state index contributed by atoms with van der Waals surface area (Å²) in [5.41, 5.74) is 0.570. The fourth-order valence-corrected chi connectivity index (χ4v) is 5.18. The van der Waals surface area contributed by atoms with E-state index in [0.717, 1.165) is 5.56 Å². The minimum absolute atomic E-state index is 0.0236. The van der Waals surface area contributed by atoms with Crippen molar-refractivity contribution in [2.45, 2.75) is 70.4 Å². The van der Waals surface area contributed by atoms with E-state index < -0.39 is 23.5 Å². The zero-order valence-electron chi connectivity index (χ0n) is 20.8. The minimum atomic E-state index is -1.46. The number of carbonyl (C=O) groups is 2. The number of hydrogen-bond donors (Lipinski definition) is 1. The van der Waals surface area contributed by atoms with Gasteiger partial charge < -0.3 is 14.5 Å². The zero-order valence-corrected chi connectivity index (χ0v) is 20.8. The largest absolute Gasteiger partial charge is 0.479 e. The minimum Gasteiger partial charge on any atom is -0.479 e. The van der Waals surface area contributed by atoms with Gasteiger partial charge in [0.25, 0.3) is 5.91 Å². The molecule has 3 heterocycles. The van der Waals surface area contributed by atoms with E-state index in [1.807, 2.05) is 38.1 Å². The van der Waals surface area contributed by atoms with Crippen LogP contribution in [-0.2, 0) is 10.2 Å². The Balaban J connectivity index is 1.90. The molecule has 1 fully saturated rings. The third kappa shape index (κ3) is 4.57. The van der Waals surface area contributed by atoms with Crippen LogP contribution in [0.3, 0.4) is 0 Å². The molecular formula is C27H32N4O4. The van der Waals surface area contributed by atoms with Crippen molar-refractivity contribution in [1.29, 1.82) is 0 Å². The molecule has 8 heteroatoms. The molecule has 0 saturated carbocycles. The van der Waals surface area contributed by atoms with Crippen molar-refractivity contribution in [3.8, 4) is 0 Å². The molecule has 3 aromatic rings. The number of carbonyl (C=O) groups excluding carboxylic acids is 1. The quantitative estimate of drug-likeness (QED) is 0.533. The molecule has 35 heavy (non-hydrogen) atoms. The second-order valence-electron chi connectivity index (χ2n) is 10.7. The van der Waals surface area contributed by atoms with E-state index in [2.05, 4.69) is 35.9 Å². The van der Waals surface area contributed by atoms with Gasteiger partial charge in [0.2, 0.25) is 5.89 Å². The average Bonchev–Trinajstić information content (AvgIpc) is 3.45. The van der Waals surface area contributed by atoms with Crippen LogP contribution in [0.2, 0.25) is 0 Å². The van der Waals surface area contributed by atoms with Crippen molar-refractivity contribution in [2.75, 3.05) is 0 Å². The van der Waals surface area contributed by atoms with Crippen LogP contribution < -0.4 is 0 Å². The molecular weight excluding hydrogens is 444 g/mol. The maximum Gasteiger partial charge on any atom is 0.329 e. The van der Waals surface area contributed by atoms with Crippen molar-refractivity contribution in [1.82, 2.24) is 20.0 Å². The first-order valence-corrected chi connectivity index (χ1v) is 11.9. The number of benzene rings is 1. The predicted molar refractivity (Wildman–Crippen MR) is 130 cm³/mol. The first kappa shape index (κ1) is 24.6. The van der Waals surface area contributed by atoms with Gasteiger partial charge in [-0.05, 0) is 54.0 Å². The molecule has 1 N–H and O–H groups in total. The SMILES string of the molecule is CC(C)C[C@@]1(C(=O)O)C[C@H](c2ncno2)[C@H](c2ccccn2)N1C(=O)c1ccc(C(C)(C)C)cc1. The summed E-state index contributed by atoms with van der Waals surface area (Å²) in [5.74, 6) is -1.59.